The second-order valence-corrected chi connectivity index (χ2v) is 7.04. The topological polar surface area (TPSA) is 61.4 Å². The fraction of sp³-hybridized carbons (Fsp3) is 0.0556. The summed E-state index contributed by atoms with van der Waals surface area (Å²) in [4.78, 5) is 25.1. The van der Waals surface area contributed by atoms with E-state index >= 15 is 0 Å². The Morgan fingerprint density at radius 1 is 1.08 bits per heavy atom. The SMILES string of the molecule is Cc1ccc(/C=C2/SC(=S)N(c3ccc(NNC=O)cc3)C2=O)cc1. The number of anilines is 2. The summed E-state index contributed by atoms with van der Waals surface area (Å²) in [6.45, 7) is 2.02. The molecule has 0 bridgehead atoms. The van der Waals surface area contributed by atoms with Gasteiger partial charge in [-0.2, -0.15) is 0 Å². The highest BCUT2D eigenvalue weighted by Crippen LogP contribution is 2.36. The highest BCUT2D eigenvalue weighted by Gasteiger charge is 2.33. The number of amides is 2. The first kappa shape index (κ1) is 17.2. The molecule has 2 amide bonds. The van der Waals surface area contributed by atoms with Crippen LogP contribution in [0.25, 0.3) is 6.08 Å². The van der Waals surface area contributed by atoms with Gasteiger partial charge in [0.15, 0.2) is 4.32 Å². The number of nitrogens with zero attached hydrogens (tertiary/aromatic N) is 1. The quantitative estimate of drug-likeness (QED) is 0.366. The van der Waals surface area contributed by atoms with Gasteiger partial charge in [-0.25, -0.2) is 0 Å². The third kappa shape index (κ3) is 3.89. The largest absolute Gasteiger partial charge is 0.299 e. The fourth-order valence-electron chi connectivity index (χ4n) is 2.31. The Bertz CT molecular complexity index is 846. The number of benzene rings is 2. The van der Waals surface area contributed by atoms with E-state index < -0.39 is 0 Å². The van der Waals surface area contributed by atoms with Crippen LogP contribution in [0.1, 0.15) is 11.1 Å². The van der Waals surface area contributed by atoms with Crippen molar-refractivity contribution in [1.82, 2.24) is 5.43 Å². The van der Waals surface area contributed by atoms with Crippen molar-refractivity contribution in [3.63, 3.8) is 0 Å². The molecule has 0 saturated carbocycles. The molecule has 0 unspecified atom stereocenters. The van der Waals surface area contributed by atoms with E-state index in [1.807, 2.05) is 37.3 Å². The lowest BCUT2D eigenvalue weighted by molar-refractivity contribution is -0.113. The highest BCUT2D eigenvalue weighted by atomic mass is 32.2. The minimum atomic E-state index is -0.137. The molecule has 7 heteroatoms. The molecule has 0 radical (unpaired) electrons. The van der Waals surface area contributed by atoms with Crippen LogP contribution in [0.3, 0.4) is 0 Å². The maximum Gasteiger partial charge on any atom is 0.270 e. The molecule has 5 nitrogen and oxygen atoms in total. The number of carbonyl (C=O) groups is 2. The minimum Gasteiger partial charge on any atom is -0.299 e. The molecule has 0 atom stereocenters. The van der Waals surface area contributed by atoms with Crippen molar-refractivity contribution in [3.05, 3.63) is 64.6 Å². The van der Waals surface area contributed by atoms with Gasteiger partial charge < -0.3 is 0 Å². The normalized spacial score (nSPS) is 15.6. The van der Waals surface area contributed by atoms with E-state index in [-0.39, 0.29) is 5.91 Å². The summed E-state index contributed by atoms with van der Waals surface area (Å²) in [7, 11) is 0. The van der Waals surface area contributed by atoms with E-state index in [9.17, 15) is 9.59 Å². The number of aryl methyl sites for hydroxylation is 1. The van der Waals surface area contributed by atoms with Crippen LogP contribution in [-0.2, 0) is 9.59 Å². The van der Waals surface area contributed by atoms with Gasteiger partial charge in [-0.15, -0.1) is 0 Å². The van der Waals surface area contributed by atoms with Crippen molar-refractivity contribution in [3.8, 4) is 0 Å². The van der Waals surface area contributed by atoms with Gasteiger partial charge in [0.2, 0.25) is 6.41 Å². The summed E-state index contributed by atoms with van der Waals surface area (Å²) >= 11 is 6.66. The first-order chi connectivity index (χ1) is 12.1. The van der Waals surface area contributed by atoms with E-state index in [4.69, 9.17) is 12.2 Å². The number of hydrogen-bond acceptors (Lipinski definition) is 5. The van der Waals surface area contributed by atoms with Gasteiger partial charge in [-0.3, -0.25) is 25.3 Å². The predicted octanol–water partition coefficient (Wildman–Crippen LogP) is 3.47. The van der Waals surface area contributed by atoms with E-state index in [0.29, 0.717) is 27.0 Å². The molecule has 2 aromatic rings. The van der Waals surface area contributed by atoms with Crippen molar-refractivity contribution < 1.29 is 9.59 Å². The molecule has 1 fully saturated rings. The van der Waals surface area contributed by atoms with Crippen LogP contribution in [0.5, 0.6) is 0 Å². The number of thiocarbonyl (C=S) groups is 1. The number of nitrogens with one attached hydrogen (secondary N) is 2. The van der Waals surface area contributed by atoms with E-state index in [0.717, 1.165) is 5.56 Å². The van der Waals surface area contributed by atoms with Crippen LogP contribution in [-0.4, -0.2) is 16.6 Å². The van der Waals surface area contributed by atoms with Gasteiger partial charge >= 0.3 is 0 Å². The number of rotatable bonds is 5. The summed E-state index contributed by atoms with van der Waals surface area (Å²) in [5.74, 6) is -0.137. The number of hydrazine groups is 1. The first-order valence-electron chi connectivity index (χ1n) is 7.48. The fourth-order valence-corrected chi connectivity index (χ4v) is 3.61. The third-order valence-corrected chi connectivity index (χ3v) is 4.87. The Balaban J connectivity index is 1.81. The molecule has 2 N–H and O–H groups in total. The molecule has 1 saturated heterocycles. The third-order valence-electron chi connectivity index (χ3n) is 3.57. The number of carbonyl (C=O) groups excluding carboxylic acids is 2. The standard InChI is InChI=1S/C18H15N3O2S2/c1-12-2-4-13(5-3-12)10-16-17(23)21(18(24)25-16)15-8-6-14(7-9-15)20-19-11-22/h2-11,20H,1H3,(H,19,22)/b16-10+. The van der Waals surface area contributed by atoms with Crippen LogP contribution < -0.4 is 15.8 Å². The molecule has 1 aliphatic rings. The Morgan fingerprint density at radius 2 is 1.76 bits per heavy atom. The Morgan fingerprint density at radius 3 is 2.40 bits per heavy atom. The second kappa shape index (κ2) is 7.50. The summed E-state index contributed by atoms with van der Waals surface area (Å²) in [5, 5.41) is 0. The van der Waals surface area contributed by atoms with Crippen LogP contribution in [0.2, 0.25) is 0 Å². The van der Waals surface area contributed by atoms with Crippen molar-refractivity contribution in [2.24, 2.45) is 0 Å². The van der Waals surface area contributed by atoms with E-state index in [1.54, 1.807) is 24.3 Å². The molecule has 126 valence electrons. The number of hydrogen-bond donors (Lipinski definition) is 2. The summed E-state index contributed by atoms with van der Waals surface area (Å²) in [6.07, 6.45) is 2.40. The Kier molecular flexibility index (Phi) is 5.16. The van der Waals surface area contributed by atoms with Gasteiger partial charge in [-0.05, 0) is 42.8 Å². The number of thioether (sulfide) groups is 1. The summed E-state index contributed by atoms with van der Waals surface area (Å²) in [6, 6.07) is 15.0. The van der Waals surface area contributed by atoms with Crippen molar-refractivity contribution >= 4 is 58.1 Å². The zero-order valence-corrected chi connectivity index (χ0v) is 15.0. The molecule has 2 aromatic carbocycles. The molecule has 25 heavy (non-hydrogen) atoms. The molecular formula is C18H15N3O2S2. The van der Waals surface area contributed by atoms with E-state index in [1.165, 1.54) is 22.2 Å². The lowest BCUT2D eigenvalue weighted by Gasteiger charge is -2.15. The molecule has 0 aromatic heterocycles. The van der Waals surface area contributed by atoms with Gasteiger partial charge in [0.05, 0.1) is 16.3 Å². The van der Waals surface area contributed by atoms with Crippen molar-refractivity contribution in [2.45, 2.75) is 6.92 Å². The lowest BCUT2D eigenvalue weighted by atomic mass is 10.1. The summed E-state index contributed by atoms with van der Waals surface area (Å²) in [5.41, 5.74) is 8.59. The van der Waals surface area contributed by atoms with Crippen LogP contribution >= 0.6 is 24.0 Å². The molecule has 1 aliphatic heterocycles. The Labute approximate surface area is 155 Å². The monoisotopic (exact) mass is 369 g/mol. The Hall–Kier alpha value is -2.64. The average molecular weight is 369 g/mol. The molecule has 3 rings (SSSR count). The summed E-state index contributed by atoms with van der Waals surface area (Å²) < 4.78 is 0.495. The zero-order chi connectivity index (χ0) is 17.8. The average Bonchev–Trinajstić information content (AvgIpc) is 2.89. The molecular weight excluding hydrogens is 354 g/mol. The van der Waals surface area contributed by atoms with Gasteiger partial charge in [0.1, 0.15) is 0 Å². The smallest absolute Gasteiger partial charge is 0.270 e. The maximum absolute atomic E-state index is 12.7. The minimum absolute atomic E-state index is 0.137. The molecule has 0 spiro atoms. The molecule has 1 heterocycles. The van der Waals surface area contributed by atoms with Crippen molar-refractivity contribution in [2.75, 3.05) is 10.3 Å². The second-order valence-electron chi connectivity index (χ2n) is 5.36. The van der Waals surface area contributed by atoms with Gasteiger partial charge in [0.25, 0.3) is 5.91 Å². The van der Waals surface area contributed by atoms with Crippen LogP contribution in [0.4, 0.5) is 11.4 Å². The first-order valence-corrected chi connectivity index (χ1v) is 8.71. The zero-order valence-electron chi connectivity index (χ0n) is 13.4. The predicted molar refractivity (Wildman–Crippen MR) is 106 cm³/mol. The highest BCUT2D eigenvalue weighted by molar-refractivity contribution is 8.27. The van der Waals surface area contributed by atoms with E-state index in [2.05, 4.69) is 10.9 Å². The maximum atomic E-state index is 12.7. The molecule has 0 aliphatic carbocycles. The lowest BCUT2D eigenvalue weighted by Crippen LogP contribution is -2.27. The van der Waals surface area contributed by atoms with Crippen LogP contribution in [0.15, 0.2) is 53.4 Å². The van der Waals surface area contributed by atoms with Gasteiger partial charge in [-0.1, -0.05) is 53.8 Å². The van der Waals surface area contributed by atoms with Crippen LogP contribution in [0, 0.1) is 6.92 Å². The van der Waals surface area contributed by atoms with Gasteiger partial charge in [0, 0.05) is 0 Å². The van der Waals surface area contributed by atoms with Crippen molar-refractivity contribution in [1.29, 1.82) is 0 Å².